The summed E-state index contributed by atoms with van der Waals surface area (Å²) in [5.41, 5.74) is -0.915. The van der Waals surface area contributed by atoms with Crippen molar-refractivity contribution < 1.29 is 14.0 Å². The van der Waals surface area contributed by atoms with Gasteiger partial charge >= 0.3 is 6.03 Å². The number of nitrogens with one attached hydrogen (secondary N) is 1. The first kappa shape index (κ1) is 13.1. The fourth-order valence-electron chi connectivity index (χ4n) is 2.44. The normalized spacial score (nSPS) is 21.2. The van der Waals surface area contributed by atoms with E-state index in [1.54, 1.807) is 0 Å². The van der Waals surface area contributed by atoms with Crippen LogP contribution in [0.25, 0.3) is 0 Å². The van der Waals surface area contributed by atoms with Gasteiger partial charge in [0, 0.05) is 5.41 Å². The molecule has 1 aromatic heterocycles. The molecule has 1 aromatic rings. The first-order valence-corrected chi connectivity index (χ1v) is 6.79. The van der Waals surface area contributed by atoms with Crippen LogP contribution in [0.5, 0.6) is 0 Å². The Labute approximate surface area is 116 Å². The highest BCUT2D eigenvalue weighted by molar-refractivity contribution is 6.07. The Morgan fingerprint density at radius 2 is 2.00 bits per heavy atom. The van der Waals surface area contributed by atoms with Crippen molar-refractivity contribution in [1.29, 1.82) is 0 Å². The average molecular weight is 278 g/mol. The van der Waals surface area contributed by atoms with Crippen LogP contribution in [0.4, 0.5) is 4.79 Å². The molecule has 7 heteroatoms. The van der Waals surface area contributed by atoms with E-state index in [4.69, 9.17) is 4.42 Å². The summed E-state index contributed by atoms with van der Waals surface area (Å²) in [6.45, 7) is 5.92. The van der Waals surface area contributed by atoms with Crippen LogP contribution in [0.1, 0.15) is 51.8 Å². The maximum Gasteiger partial charge on any atom is 0.325 e. The number of carbonyl (C=O) groups is 2. The molecule has 0 atom stereocenters. The van der Waals surface area contributed by atoms with E-state index in [1.165, 1.54) is 4.90 Å². The van der Waals surface area contributed by atoms with E-state index in [0.29, 0.717) is 18.7 Å². The monoisotopic (exact) mass is 278 g/mol. The van der Waals surface area contributed by atoms with Crippen LogP contribution >= 0.6 is 0 Å². The fourth-order valence-corrected chi connectivity index (χ4v) is 2.44. The van der Waals surface area contributed by atoms with Crippen molar-refractivity contribution in [3.8, 4) is 0 Å². The lowest BCUT2D eigenvalue weighted by Gasteiger charge is -2.34. The molecule has 2 heterocycles. The van der Waals surface area contributed by atoms with Crippen molar-refractivity contribution in [1.82, 2.24) is 20.4 Å². The van der Waals surface area contributed by atoms with Gasteiger partial charge < -0.3 is 9.73 Å². The lowest BCUT2D eigenvalue weighted by atomic mass is 9.77. The minimum Gasteiger partial charge on any atom is -0.423 e. The van der Waals surface area contributed by atoms with Crippen molar-refractivity contribution in [3.05, 3.63) is 11.8 Å². The predicted molar refractivity (Wildman–Crippen MR) is 68.7 cm³/mol. The second-order valence-corrected chi connectivity index (χ2v) is 6.51. The topological polar surface area (TPSA) is 88.3 Å². The molecule has 1 saturated carbocycles. The number of hydrogen-bond acceptors (Lipinski definition) is 5. The molecule has 1 aliphatic carbocycles. The zero-order valence-electron chi connectivity index (χ0n) is 11.9. The van der Waals surface area contributed by atoms with E-state index in [9.17, 15) is 9.59 Å². The second kappa shape index (κ2) is 4.04. The van der Waals surface area contributed by atoms with E-state index in [-0.39, 0.29) is 29.8 Å². The summed E-state index contributed by atoms with van der Waals surface area (Å²) in [5, 5.41) is 10.7. The van der Waals surface area contributed by atoms with Gasteiger partial charge in [-0.1, -0.05) is 20.8 Å². The Balaban J connectivity index is 1.76. The van der Waals surface area contributed by atoms with Gasteiger partial charge in [-0.2, -0.15) is 0 Å². The number of carbonyl (C=O) groups excluding carboxylic acids is 2. The summed E-state index contributed by atoms with van der Waals surface area (Å²) in [6.07, 6.45) is 2.39. The first-order chi connectivity index (χ1) is 9.32. The van der Waals surface area contributed by atoms with Gasteiger partial charge in [0.2, 0.25) is 11.8 Å². The van der Waals surface area contributed by atoms with Crippen LogP contribution in [0.2, 0.25) is 0 Å². The average Bonchev–Trinajstić information content (AvgIpc) is 2.86. The molecule has 2 aliphatic rings. The van der Waals surface area contributed by atoms with Crippen LogP contribution in [0.3, 0.4) is 0 Å². The molecule has 0 unspecified atom stereocenters. The molecule has 7 nitrogen and oxygen atoms in total. The number of aromatic nitrogens is 2. The van der Waals surface area contributed by atoms with E-state index in [1.807, 2.05) is 20.8 Å². The maximum absolute atomic E-state index is 12.3. The summed E-state index contributed by atoms with van der Waals surface area (Å²) >= 11 is 0. The zero-order valence-corrected chi connectivity index (χ0v) is 11.9. The molecule has 2 fully saturated rings. The number of hydrogen-bond donors (Lipinski definition) is 1. The van der Waals surface area contributed by atoms with Gasteiger partial charge in [0.25, 0.3) is 5.91 Å². The third-order valence-electron chi connectivity index (χ3n) is 3.85. The van der Waals surface area contributed by atoms with Crippen LogP contribution in [-0.2, 0) is 16.8 Å². The highest BCUT2D eigenvalue weighted by atomic mass is 16.4. The minimum atomic E-state index is -0.663. The van der Waals surface area contributed by atoms with Crippen molar-refractivity contribution in [2.24, 2.45) is 0 Å². The van der Waals surface area contributed by atoms with Crippen molar-refractivity contribution in [3.63, 3.8) is 0 Å². The molecule has 108 valence electrons. The van der Waals surface area contributed by atoms with E-state index in [2.05, 4.69) is 15.5 Å². The molecule has 1 aliphatic heterocycles. The van der Waals surface area contributed by atoms with Crippen LogP contribution < -0.4 is 5.32 Å². The van der Waals surface area contributed by atoms with Gasteiger partial charge in [-0.15, -0.1) is 10.2 Å². The van der Waals surface area contributed by atoms with Gasteiger partial charge in [0.15, 0.2) is 0 Å². The summed E-state index contributed by atoms with van der Waals surface area (Å²) < 4.78 is 5.53. The van der Waals surface area contributed by atoms with Gasteiger partial charge in [-0.3, -0.25) is 9.69 Å². The third kappa shape index (κ3) is 1.88. The first-order valence-electron chi connectivity index (χ1n) is 6.79. The molecule has 3 rings (SSSR count). The van der Waals surface area contributed by atoms with Crippen molar-refractivity contribution in [2.75, 3.05) is 0 Å². The molecule has 20 heavy (non-hydrogen) atoms. The Bertz CT molecular complexity index is 568. The lowest BCUT2D eigenvalue weighted by Crippen LogP contribution is -2.52. The molecular formula is C13H18N4O3. The van der Waals surface area contributed by atoms with E-state index in [0.717, 1.165) is 6.42 Å². The van der Waals surface area contributed by atoms with Crippen LogP contribution in [0, 0.1) is 0 Å². The summed E-state index contributed by atoms with van der Waals surface area (Å²) in [6, 6.07) is -0.370. The molecular weight excluding hydrogens is 260 g/mol. The van der Waals surface area contributed by atoms with Gasteiger partial charge in [0.05, 0.1) is 0 Å². The van der Waals surface area contributed by atoms with E-state index < -0.39 is 5.54 Å². The Morgan fingerprint density at radius 1 is 1.30 bits per heavy atom. The summed E-state index contributed by atoms with van der Waals surface area (Å²) in [7, 11) is 0. The van der Waals surface area contributed by atoms with Crippen LogP contribution in [0.15, 0.2) is 4.42 Å². The highest BCUT2D eigenvalue weighted by Crippen LogP contribution is 2.37. The fraction of sp³-hybridized carbons (Fsp3) is 0.692. The molecule has 0 aromatic carbocycles. The number of amides is 3. The Kier molecular flexibility index (Phi) is 2.64. The molecule has 1 spiro atoms. The SMILES string of the molecule is CC(C)(C)c1nnc(CN2C(=O)NC3(CCC3)C2=O)o1. The maximum atomic E-state index is 12.3. The third-order valence-corrected chi connectivity index (χ3v) is 3.85. The number of urea groups is 1. The molecule has 0 bridgehead atoms. The lowest BCUT2D eigenvalue weighted by molar-refractivity contribution is -0.134. The van der Waals surface area contributed by atoms with Crippen molar-refractivity contribution >= 4 is 11.9 Å². The highest BCUT2D eigenvalue weighted by Gasteiger charge is 2.54. The Morgan fingerprint density at radius 3 is 2.45 bits per heavy atom. The van der Waals surface area contributed by atoms with Crippen LogP contribution in [-0.4, -0.2) is 32.6 Å². The van der Waals surface area contributed by atoms with Crippen molar-refractivity contribution in [2.45, 2.75) is 57.5 Å². The van der Waals surface area contributed by atoms with Gasteiger partial charge in [0.1, 0.15) is 12.1 Å². The summed E-state index contributed by atoms with van der Waals surface area (Å²) in [4.78, 5) is 25.4. The number of rotatable bonds is 2. The minimum absolute atomic E-state index is 0.0372. The second-order valence-electron chi connectivity index (χ2n) is 6.51. The molecule has 1 saturated heterocycles. The predicted octanol–water partition coefficient (Wildman–Crippen LogP) is 1.34. The zero-order chi connectivity index (χ0) is 14.5. The largest absolute Gasteiger partial charge is 0.423 e. The standard InChI is InChI=1S/C13H18N4O3/c1-12(2,3)9-16-15-8(20-9)7-17-10(18)13(5-4-6-13)14-11(17)19/h4-7H2,1-3H3,(H,14,19). The smallest absolute Gasteiger partial charge is 0.325 e. The number of imide groups is 1. The number of nitrogens with zero attached hydrogens (tertiary/aromatic N) is 3. The quantitative estimate of drug-likeness (QED) is 0.825. The Hall–Kier alpha value is -1.92. The summed E-state index contributed by atoms with van der Waals surface area (Å²) in [5.74, 6) is 0.608. The molecule has 3 amide bonds. The molecule has 0 radical (unpaired) electrons. The van der Waals surface area contributed by atoms with E-state index >= 15 is 0 Å². The van der Waals surface area contributed by atoms with Gasteiger partial charge in [-0.25, -0.2) is 4.79 Å². The van der Waals surface area contributed by atoms with Gasteiger partial charge in [-0.05, 0) is 19.3 Å². The molecule has 1 N–H and O–H groups in total.